The molecule has 4 aromatic rings. The van der Waals surface area contributed by atoms with E-state index in [9.17, 15) is 13.6 Å². The summed E-state index contributed by atoms with van der Waals surface area (Å²) in [5.41, 5.74) is 15.7. The maximum Gasteiger partial charge on any atom is 0.251 e. The van der Waals surface area contributed by atoms with Gasteiger partial charge in [0.2, 0.25) is 0 Å². The lowest BCUT2D eigenvalue weighted by atomic mass is 9.52. The first-order valence-electron chi connectivity index (χ1n) is 12.2. The second kappa shape index (κ2) is 8.37. The van der Waals surface area contributed by atoms with Gasteiger partial charge in [0.1, 0.15) is 17.5 Å². The zero-order chi connectivity index (χ0) is 26.0. The highest BCUT2D eigenvalue weighted by Gasteiger charge is 2.49. The molecule has 2 atom stereocenters. The molecule has 2 aliphatic carbocycles. The first-order chi connectivity index (χ1) is 17.7. The zero-order valence-corrected chi connectivity index (χ0v) is 20.5. The molecule has 4 aromatic carbocycles. The number of aryl methyl sites for hydroxylation is 2. The van der Waals surface area contributed by atoms with Gasteiger partial charge in [-0.25, -0.2) is 8.78 Å². The predicted octanol–water partition coefficient (Wildman–Crippen LogP) is 6.05. The SMILES string of the molecule is Cc1cc(C(=N)N)cc(C)c1CNC(=O)c1ccc2c(c1)C1c3cc(-c4ccc(F)cc4F)ccc3[C@@H]21. The number of nitrogens with two attached hydrogens (primary N) is 1. The molecule has 0 radical (unpaired) electrons. The van der Waals surface area contributed by atoms with Gasteiger partial charge in [0.25, 0.3) is 5.91 Å². The van der Waals surface area contributed by atoms with Gasteiger partial charge >= 0.3 is 0 Å². The van der Waals surface area contributed by atoms with Crippen molar-refractivity contribution >= 4 is 11.7 Å². The van der Waals surface area contributed by atoms with Gasteiger partial charge in [-0.15, -0.1) is 0 Å². The van der Waals surface area contributed by atoms with Gasteiger partial charge in [0, 0.05) is 41.1 Å². The van der Waals surface area contributed by atoms with Crippen molar-refractivity contribution in [2.24, 2.45) is 5.73 Å². The predicted molar refractivity (Wildman–Crippen MR) is 140 cm³/mol. The van der Waals surface area contributed by atoms with Crippen LogP contribution >= 0.6 is 0 Å². The largest absolute Gasteiger partial charge is 0.384 e. The minimum atomic E-state index is -0.595. The van der Waals surface area contributed by atoms with Crippen molar-refractivity contribution in [3.05, 3.63) is 128 Å². The Labute approximate surface area is 213 Å². The number of hydrogen-bond donors (Lipinski definition) is 3. The molecule has 4 N–H and O–H groups in total. The molecule has 0 aliphatic heterocycles. The van der Waals surface area contributed by atoms with E-state index in [1.807, 2.05) is 62.4 Å². The molecule has 1 unspecified atom stereocenters. The van der Waals surface area contributed by atoms with Crippen LogP contribution in [0.15, 0.2) is 66.7 Å². The van der Waals surface area contributed by atoms with Gasteiger partial charge in [-0.3, -0.25) is 10.2 Å². The standard InChI is InChI=1S/C31H25F2N3O/c1-15-9-19(30(34)35)10-16(2)26(15)14-36-31(37)18-4-7-23-25(12-18)29-24-11-17(3-6-22(24)28(23)29)21-8-5-20(32)13-27(21)33/h3-13,28-29H,14H2,1-2H3,(H3,34,35)(H,36,37)/t28-,29?/m0/s1. The van der Waals surface area contributed by atoms with Crippen LogP contribution in [0.1, 0.15) is 66.7 Å². The van der Waals surface area contributed by atoms with E-state index >= 15 is 0 Å². The summed E-state index contributed by atoms with van der Waals surface area (Å²) in [4.78, 5) is 13.0. The molecular weight excluding hydrogens is 468 g/mol. The van der Waals surface area contributed by atoms with Gasteiger partial charge in [-0.2, -0.15) is 0 Å². The van der Waals surface area contributed by atoms with Gasteiger partial charge < -0.3 is 11.1 Å². The quantitative estimate of drug-likeness (QED) is 0.234. The average molecular weight is 494 g/mol. The second-order valence-corrected chi connectivity index (χ2v) is 9.95. The second-order valence-electron chi connectivity index (χ2n) is 9.95. The smallest absolute Gasteiger partial charge is 0.251 e. The first kappa shape index (κ1) is 23.1. The molecular formula is C31H25F2N3O. The fraction of sp³-hybridized carbons (Fsp3) is 0.161. The van der Waals surface area contributed by atoms with E-state index in [0.717, 1.165) is 39.4 Å². The molecule has 0 saturated carbocycles. The van der Waals surface area contributed by atoms with Crippen LogP contribution in [0.2, 0.25) is 0 Å². The number of amidine groups is 1. The molecule has 0 aromatic heterocycles. The lowest BCUT2D eigenvalue weighted by molar-refractivity contribution is 0.0950. The third-order valence-electron chi connectivity index (χ3n) is 7.78. The molecule has 0 heterocycles. The Morgan fingerprint density at radius 3 is 2.16 bits per heavy atom. The molecule has 6 heteroatoms. The summed E-state index contributed by atoms with van der Waals surface area (Å²) in [6, 6.07) is 19.1. The summed E-state index contributed by atoms with van der Waals surface area (Å²) in [7, 11) is 0. The van der Waals surface area contributed by atoms with Crippen molar-refractivity contribution < 1.29 is 13.6 Å². The number of nitrogens with one attached hydrogen (secondary N) is 2. The van der Waals surface area contributed by atoms with Crippen LogP contribution in [-0.4, -0.2) is 11.7 Å². The Kier molecular flexibility index (Phi) is 5.23. The lowest BCUT2D eigenvalue weighted by Crippen LogP contribution is -2.36. The van der Waals surface area contributed by atoms with E-state index in [4.69, 9.17) is 11.1 Å². The minimum Gasteiger partial charge on any atom is -0.384 e. The van der Waals surface area contributed by atoms with Crippen molar-refractivity contribution in [3.8, 4) is 11.1 Å². The van der Waals surface area contributed by atoms with Crippen molar-refractivity contribution in [2.75, 3.05) is 0 Å². The number of fused-ring (bicyclic) bond motifs is 7. The first-order valence-corrected chi connectivity index (χ1v) is 12.2. The van der Waals surface area contributed by atoms with Gasteiger partial charge in [-0.05, 0) is 94.8 Å². The molecule has 1 amide bonds. The molecule has 0 bridgehead atoms. The number of benzene rings is 4. The van der Waals surface area contributed by atoms with E-state index in [1.54, 1.807) is 0 Å². The van der Waals surface area contributed by atoms with Crippen LogP contribution in [0.4, 0.5) is 8.78 Å². The third kappa shape index (κ3) is 3.63. The average Bonchev–Trinajstić information content (AvgIpc) is 2.83. The Morgan fingerprint density at radius 2 is 1.49 bits per heavy atom. The molecule has 0 spiro atoms. The topological polar surface area (TPSA) is 79.0 Å². The molecule has 4 nitrogen and oxygen atoms in total. The summed E-state index contributed by atoms with van der Waals surface area (Å²) in [6.45, 7) is 4.28. The maximum atomic E-state index is 14.4. The zero-order valence-electron chi connectivity index (χ0n) is 20.5. The fourth-order valence-corrected chi connectivity index (χ4v) is 5.85. The molecule has 0 fully saturated rings. The van der Waals surface area contributed by atoms with Crippen LogP contribution in [0, 0.1) is 30.9 Å². The highest BCUT2D eigenvalue weighted by Crippen LogP contribution is 2.63. The van der Waals surface area contributed by atoms with E-state index in [1.165, 1.54) is 23.3 Å². The maximum absolute atomic E-state index is 14.4. The van der Waals surface area contributed by atoms with E-state index in [0.29, 0.717) is 29.2 Å². The molecule has 2 aliphatic rings. The van der Waals surface area contributed by atoms with Crippen LogP contribution in [-0.2, 0) is 6.54 Å². The van der Waals surface area contributed by atoms with Crippen molar-refractivity contribution in [1.82, 2.24) is 5.32 Å². The summed E-state index contributed by atoms with van der Waals surface area (Å²) in [6.07, 6.45) is 0. The molecule has 184 valence electrons. The Bertz CT molecular complexity index is 1620. The van der Waals surface area contributed by atoms with Gasteiger partial charge in [-0.1, -0.05) is 24.3 Å². The summed E-state index contributed by atoms with van der Waals surface area (Å²) in [5.74, 6) is -0.811. The Balaban J connectivity index is 1.21. The monoisotopic (exact) mass is 493 g/mol. The summed E-state index contributed by atoms with van der Waals surface area (Å²) >= 11 is 0. The normalized spacial score (nSPS) is 16.5. The van der Waals surface area contributed by atoms with E-state index in [-0.39, 0.29) is 17.7 Å². The highest BCUT2D eigenvalue weighted by atomic mass is 19.1. The third-order valence-corrected chi connectivity index (χ3v) is 7.78. The lowest BCUT2D eigenvalue weighted by Gasteiger charge is -2.50. The van der Waals surface area contributed by atoms with Crippen molar-refractivity contribution in [3.63, 3.8) is 0 Å². The number of rotatable bonds is 5. The Morgan fingerprint density at radius 1 is 0.838 bits per heavy atom. The minimum absolute atomic E-state index is 0.0228. The van der Waals surface area contributed by atoms with Crippen LogP contribution < -0.4 is 11.1 Å². The molecule has 6 rings (SSSR count). The number of amides is 1. The highest BCUT2D eigenvalue weighted by molar-refractivity contribution is 5.96. The van der Waals surface area contributed by atoms with Gasteiger partial charge in [0.05, 0.1) is 0 Å². The number of carbonyl (C=O) groups is 1. The molecule has 0 saturated heterocycles. The van der Waals surface area contributed by atoms with Crippen molar-refractivity contribution in [2.45, 2.75) is 32.2 Å². The Hall–Kier alpha value is -4.32. The number of carbonyl (C=O) groups excluding carboxylic acids is 1. The summed E-state index contributed by atoms with van der Waals surface area (Å²) in [5, 5.41) is 10.7. The van der Waals surface area contributed by atoms with Crippen LogP contribution in [0.3, 0.4) is 0 Å². The van der Waals surface area contributed by atoms with E-state index < -0.39 is 11.6 Å². The number of hydrogen-bond acceptors (Lipinski definition) is 2. The number of nitrogen functional groups attached to an aromatic ring is 1. The van der Waals surface area contributed by atoms with Crippen molar-refractivity contribution in [1.29, 1.82) is 5.41 Å². The van der Waals surface area contributed by atoms with Gasteiger partial charge in [0.15, 0.2) is 0 Å². The summed E-state index contributed by atoms with van der Waals surface area (Å²) < 4.78 is 27.7. The molecule has 37 heavy (non-hydrogen) atoms. The van der Waals surface area contributed by atoms with Crippen LogP contribution in [0.25, 0.3) is 11.1 Å². The van der Waals surface area contributed by atoms with Crippen LogP contribution in [0.5, 0.6) is 0 Å². The van der Waals surface area contributed by atoms with E-state index in [2.05, 4.69) is 5.32 Å². The number of halogens is 2. The fourth-order valence-electron chi connectivity index (χ4n) is 5.85.